The quantitative estimate of drug-likeness (QED) is 0.246. The maximum Gasteiger partial charge on any atom is 0.276 e. The van der Waals surface area contributed by atoms with Crippen LogP contribution in [-0.4, -0.2) is 38.4 Å². The summed E-state index contributed by atoms with van der Waals surface area (Å²) in [5, 5.41) is 5.08. The van der Waals surface area contributed by atoms with E-state index in [1.807, 2.05) is 60.7 Å². The fraction of sp³-hybridized carbons (Fsp3) is 0.188. The molecule has 0 aliphatic carbocycles. The van der Waals surface area contributed by atoms with Crippen molar-refractivity contribution in [3.8, 4) is 0 Å². The number of fused-ring (bicyclic) bond motifs is 1. The number of aromatic nitrogens is 3. The van der Waals surface area contributed by atoms with E-state index in [-0.39, 0.29) is 23.9 Å². The molecule has 5 aromatic rings. The van der Waals surface area contributed by atoms with Crippen molar-refractivity contribution in [2.24, 2.45) is 12.0 Å². The number of hydrogen-bond donors (Lipinski definition) is 0. The minimum Gasteiger partial charge on any atom is -0.315 e. The zero-order valence-corrected chi connectivity index (χ0v) is 23.1. The Morgan fingerprint density at radius 3 is 2.37 bits per heavy atom. The molecule has 6 rings (SSSR count). The van der Waals surface area contributed by atoms with Crippen LogP contribution in [0.15, 0.2) is 101 Å². The van der Waals surface area contributed by atoms with Crippen LogP contribution in [0.5, 0.6) is 0 Å². The van der Waals surface area contributed by atoms with Crippen LogP contribution in [0.3, 0.4) is 0 Å². The maximum atomic E-state index is 14.2. The van der Waals surface area contributed by atoms with Gasteiger partial charge in [-0.1, -0.05) is 72.3 Å². The molecule has 1 atom stereocenters. The van der Waals surface area contributed by atoms with Crippen molar-refractivity contribution < 1.29 is 9.18 Å². The number of aryl methyl sites for hydroxylation is 1. The van der Waals surface area contributed by atoms with E-state index in [9.17, 15) is 14.0 Å². The lowest BCUT2D eigenvalue weighted by Crippen LogP contribution is -2.36. The molecule has 0 bridgehead atoms. The van der Waals surface area contributed by atoms with Crippen molar-refractivity contribution in [2.75, 3.05) is 11.4 Å². The van der Waals surface area contributed by atoms with Crippen LogP contribution in [0, 0.1) is 5.82 Å². The largest absolute Gasteiger partial charge is 0.315 e. The first-order chi connectivity index (χ1) is 19.9. The second-order valence-electron chi connectivity index (χ2n) is 10.1. The van der Waals surface area contributed by atoms with E-state index in [0.717, 1.165) is 16.8 Å². The molecule has 0 N–H and O–H groups in total. The molecule has 0 radical (unpaired) electrons. The Kier molecular flexibility index (Phi) is 7.24. The summed E-state index contributed by atoms with van der Waals surface area (Å²) in [4.78, 5) is 33.4. The number of carbonyl (C=O) groups excluding carboxylic acids is 1. The highest BCUT2D eigenvalue weighted by molar-refractivity contribution is 6.31. The Morgan fingerprint density at radius 1 is 1.00 bits per heavy atom. The Bertz CT molecular complexity index is 1790. The number of nitrogens with zero attached hydrogens (tertiary/aromatic N) is 5. The average molecular weight is 568 g/mol. The number of halogens is 2. The first kappa shape index (κ1) is 26.7. The van der Waals surface area contributed by atoms with Crippen molar-refractivity contribution in [1.82, 2.24) is 14.2 Å². The fourth-order valence-corrected chi connectivity index (χ4v) is 5.54. The molecular formula is C32H27ClFN5O2. The molecule has 41 heavy (non-hydrogen) atoms. The summed E-state index contributed by atoms with van der Waals surface area (Å²) < 4.78 is 17.1. The molecule has 206 valence electrons. The highest BCUT2D eigenvalue weighted by Gasteiger charge is 2.36. The third-order valence-corrected chi connectivity index (χ3v) is 7.79. The molecule has 1 amide bonds. The van der Waals surface area contributed by atoms with Crippen LogP contribution in [0.25, 0.3) is 5.52 Å². The number of rotatable bonds is 7. The summed E-state index contributed by atoms with van der Waals surface area (Å²) in [6.45, 7) is 0.344. The number of anilines is 1. The minimum atomic E-state index is -0.436. The molecular weight excluding hydrogens is 541 g/mol. The summed E-state index contributed by atoms with van der Waals surface area (Å²) in [5.74, 6) is -0.163. The summed E-state index contributed by atoms with van der Waals surface area (Å²) in [5.41, 5.74) is 3.87. The highest BCUT2D eigenvalue weighted by Crippen LogP contribution is 2.33. The third kappa shape index (κ3) is 5.18. The molecule has 1 aliphatic rings. The summed E-state index contributed by atoms with van der Waals surface area (Å²) in [7, 11) is 1.65. The predicted octanol–water partition coefficient (Wildman–Crippen LogP) is 5.45. The van der Waals surface area contributed by atoms with Crippen molar-refractivity contribution in [2.45, 2.75) is 25.3 Å². The Morgan fingerprint density at radius 2 is 1.68 bits per heavy atom. The first-order valence-electron chi connectivity index (χ1n) is 13.4. The van der Waals surface area contributed by atoms with Gasteiger partial charge < -0.3 is 4.57 Å². The van der Waals surface area contributed by atoms with Gasteiger partial charge in [0, 0.05) is 54.0 Å². The lowest BCUT2D eigenvalue weighted by Gasteiger charge is -2.23. The molecule has 3 heterocycles. The SMILES string of the molecule is Cn1ccn2nc(N3C(=O)CCC3CN=C(c3ccccc3)c3ccccc3)c(Cc3cc(F)ccc3Cl)c2c1=O. The van der Waals surface area contributed by atoms with Crippen molar-refractivity contribution in [3.05, 3.63) is 135 Å². The van der Waals surface area contributed by atoms with Crippen LogP contribution in [-0.2, 0) is 18.3 Å². The Balaban J connectivity index is 1.44. The second-order valence-corrected chi connectivity index (χ2v) is 10.5. The van der Waals surface area contributed by atoms with Gasteiger partial charge in [-0.25, -0.2) is 8.91 Å². The van der Waals surface area contributed by atoms with Crippen LogP contribution >= 0.6 is 11.6 Å². The van der Waals surface area contributed by atoms with Crippen molar-refractivity contribution >= 4 is 34.6 Å². The van der Waals surface area contributed by atoms with Crippen LogP contribution in [0.1, 0.15) is 35.1 Å². The summed E-state index contributed by atoms with van der Waals surface area (Å²) in [6.07, 6.45) is 4.34. The van der Waals surface area contributed by atoms with E-state index in [1.54, 1.807) is 24.3 Å². The second kappa shape index (κ2) is 11.1. The number of benzene rings is 3. The smallest absolute Gasteiger partial charge is 0.276 e. The van der Waals surface area contributed by atoms with Gasteiger partial charge >= 0.3 is 0 Å². The zero-order valence-electron chi connectivity index (χ0n) is 22.4. The third-order valence-electron chi connectivity index (χ3n) is 7.42. The monoisotopic (exact) mass is 567 g/mol. The van der Waals surface area contributed by atoms with Gasteiger partial charge in [0.25, 0.3) is 5.56 Å². The van der Waals surface area contributed by atoms with Crippen LogP contribution < -0.4 is 10.5 Å². The number of amides is 1. The average Bonchev–Trinajstić information content (AvgIpc) is 3.53. The van der Waals surface area contributed by atoms with Gasteiger partial charge in [0.1, 0.15) is 11.3 Å². The molecule has 7 nitrogen and oxygen atoms in total. The van der Waals surface area contributed by atoms with Gasteiger partial charge in [-0.2, -0.15) is 0 Å². The number of hydrogen-bond acceptors (Lipinski definition) is 4. The predicted molar refractivity (Wildman–Crippen MR) is 159 cm³/mol. The van der Waals surface area contributed by atoms with E-state index >= 15 is 0 Å². The molecule has 2 aromatic heterocycles. The molecule has 1 fully saturated rings. The molecule has 0 spiro atoms. The zero-order chi connectivity index (χ0) is 28.5. The topological polar surface area (TPSA) is 72.0 Å². The van der Waals surface area contributed by atoms with Gasteiger partial charge in [0.05, 0.1) is 18.3 Å². The Labute approximate surface area is 241 Å². The van der Waals surface area contributed by atoms with Gasteiger partial charge in [0.15, 0.2) is 5.82 Å². The fourth-order valence-electron chi connectivity index (χ4n) is 5.36. The standard InChI is InChI=1S/C32H27ClFN5O2/c1-37-16-17-38-30(32(37)41)26(19-23-18-24(34)12-14-27(23)33)31(36-38)39-25(13-15-28(39)40)20-35-29(21-8-4-2-5-9-21)22-10-6-3-7-11-22/h2-12,14,16-18,25H,13,15,19-20H2,1H3. The van der Waals surface area contributed by atoms with Crippen LogP contribution in [0.4, 0.5) is 10.2 Å². The summed E-state index contributed by atoms with van der Waals surface area (Å²) in [6, 6.07) is 23.7. The van der Waals surface area contributed by atoms with E-state index in [0.29, 0.717) is 46.9 Å². The van der Waals surface area contributed by atoms with Gasteiger partial charge in [-0.3, -0.25) is 19.5 Å². The summed E-state index contributed by atoms with van der Waals surface area (Å²) >= 11 is 6.43. The first-order valence-corrected chi connectivity index (χ1v) is 13.8. The molecule has 9 heteroatoms. The lowest BCUT2D eigenvalue weighted by atomic mass is 10.0. The number of aliphatic imine (C=N–C) groups is 1. The molecule has 0 saturated carbocycles. The van der Waals surface area contributed by atoms with Gasteiger partial charge in [-0.05, 0) is 30.2 Å². The number of carbonyl (C=O) groups is 1. The normalized spacial score (nSPS) is 15.0. The van der Waals surface area contributed by atoms with E-state index in [2.05, 4.69) is 0 Å². The molecule has 1 unspecified atom stereocenters. The van der Waals surface area contributed by atoms with Crippen molar-refractivity contribution in [1.29, 1.82) is 0 Å². The molecule has 1 aliphatic heterocycles. The Hall–Kier alpha value is -4.56. The molecule has 3 aromatic carbocycles. The minimum absolute atomic E-state index is 0.0991. The van der Waals surface area contributed by atoms with E-state index in [1.165, 1.54) is 27.3 Å². The van der Waals surface area contributed by atoms with E-state index in [4.69, 9.17) is 21.7 Å². The molecule has 1 saturated heterocycles. The van der Waals surface area contributed by atoms with Crippen molar-refractivity contribution in [3.63, 3.8) is 0 Å². The maximum absolute atomic E-state index is 14.2. The van der Waals surface area contributed by atoms with Gasteiger partial charge in [-0.15, -0.1) is 5.10 Å². The van der Waals surface area contributed by atoms with Gasteiger partial charge in [0.2, 0.25) is 5.91 Å². The highest BCUT2D eigenvalue weighted by atomic mass is 35.5. The van der Waals surface area contributed by atoms with Crippen LogP contribution in [0.2, 0.25) is 5.02 Å². The lowest BCUT2D eigenvalue weighted by molar-refractivity contribution is -0.117. The van der Waals surface area contributed by atoms with E-state index < -0.39 is 5.82 Å².